The Morgan fingerprint density at radius 1 is 0.500 bits per heavy atom. The van der Waals surface area contributed by atoms with Gasteiger partial charge in [0.1, 0.15) is 23.0 Å². The molecule has 10 heteroatoms. The zero-order valence-electron chi connectivity index (χ0n) is 36.5. The number of carbonyl (C=O) groups excluding carboxylic acids is 2. The largest absolute Gasteiger partial charge is 0.494 e. The number of unbranched alkanes of at least 4 members (excludes halogenated alkanes) is 2. The number of benzene rings is 5. The Kier molecular flexibility index (Phi) is 19.9. The van der Waals surface area contributed by atoms with E-state index >= 15 is 0 Å². The molecule has 326 valence electrons. The first-order valence-corrected chi connectivity index (χ1v) is 21.7. The molecule has 0 bridgehead atoms. The van der Waals surface area contributed by atoms with Crippen LogP contribution >= 0.6 is 0 Å². The highest BCUT2D eigenvalue weighted by Crippen LogP contribution is 2.23. The van der Waals surface area contributed by atoms with Crippen LogP contribution in [0.1, 0.15) is 98.1 Å². The fourth-order valence-electron chi connectivity index (χ4n) is 5.70. The molecule has 0 radical (unpaired) electrons. The van der Waals surface area contributed by atoms with Crippen molar-refractivity contribution >= 4 is 35.7 Å². The number of carbonyl (C=O) groups is 2. The molecule has 5 aromatic carbocycles. The first-order valence-electron chi connectivity index (χ1n) is 21.7. The van der Waals surface area contributed by atoms with Crippen LogP contribution in [0.2, 0.25) is 0 Å². The second-order valence-electron chi connectivity index (χ2n) is 15.3. The van der Waals surface area contributed by atoms with Crippen LogP contribution in [-0.4, -0.2) is 64.0 Å². The highest BCUT2D eigenvalue weighted by Gasteiger charge is 2.12. The Balaban J connectivity index is 1.01. The molecule has 0 N–H and O–H groups in total. The topological polar surface area (TPSA) is 114 Å². The number of hydrogen-bond donors (Lipinski definition) is 0. The average Bonchev–Trinajstić information content (AvgIpc) is 3.30. The van der Waals surface area contributed by atoms with Crippen molar-refractivity contribution in [2.45, 2.75) is 66.2 Å². The van der Waals surface area contributed by atoms with Crippen LogP contribution in [0.3, 0.4) is 0 Å². The van der Waals surface area contributed by atoms with Gasteiger partial charge in [0.2, 0.25) is 0 Å². The van der Waals surface area contributed by atoms with Crippen molar-refractivity contribution in [3.05, 3.63) is 144 Å². The molecule has 10 nitrogen and oxygen atoms in total. The molecule has 0 saturated heterocycles. The molecular formula is C52H60N2O8. The van der Waals surface area contributed by atoms with Crippen molar-refractivity contribution in [1.82, 2.24) is 0 Å². The molecule has 62 heavy (non-hydrogen) atoms. The van der Waals surface area contributed by atoms with Crippen LogP contribution in [0.25, 0.3) is 0 Å². The lowest BCUT2D eigenvalue weighted by Gasteiger charge is -2.09. The zero-order valence-corrected chi connectivity index (χ0v) is 36.5. The number of aliphatic imine (C=N–C) groups is 2. The Morgan fingerprint density at radius 2 is 0.887 bits per heavy atom. The van der Waals surface area contributed by atoms with Crippen LogP contribution in [0.4, 0.5) is 11.4 Å². The Morgan fingerprint density at radius 3 is 1.27 bits per heavy atom. The Hall–Kier alpha value is -6.10. The summed E-state index contributed by atoms with van der Waals surface area (Å²) in [5.41, 5.74) is 3.94. The summed E-state index contributed by atoms with van der Waals surface area (Å²) in [6, 6.07) is 35.5. The van der Waals surface area contributed by atoms with E-state index in [2.05, 4.69) is 37.7 Å². The first-order chi connectivity index (χ1) is 30.3. The van der Waals surface area contributed by atoms with E-state index in [4.69, 9.17) is 28.4 Å². The minimum atomic E-state index is -0.544. The first kappa shape index (κ1) is 47.0. The summed E-state index contributed by atoms with van der Waals surface area (Å²) in [5, 5.41) is 0. The average molecular weight is 841 g/mol. The summed E-state index contributed by atoms with van der Waals surface area (Å²) in [5.74, 6) is 2.20. The van der Waals surface area contributed by atoms with Gasteiger partial charge >= 0.3 is 11.9 Å². The van der Waals surface area contributed by atoms with E-state index in [-0.39, 0.29) is 11.5 Å². The number of hydrogen-bond acceptors (Lipinski definition) is 10. The van der Waals surface area contributed by atoms with Gasteiger partial charge in [-0.2, -0.15) is 0 Å². The second kappa shape index (κ2) is 26.3. The van der Waals surface area contributed by atoms with E-state index < -0.39 is 11.9 Å². The van der Waals surface area contributed by atoms with Gasteiger partial charge in [-0.25, -0.2) is 9.59 Å². The quantitative estimate of drug-likeness (QED) is 0.0234. The number of nitrogens with zero attached hydrogens (tertiary/aromatic N) is 2. The molecule has 0 aliphatic heterocycles. The monoisotopic (exact) mass is 840 g/mol. The third kappa shape index (κ3) is 17.1. The number of esters is 2. The van der Waals surface area contributed by atoms with Crippen LogP contribution in [0.15, 0.2) is 131 Å². The third-order valence-corrected chi connectivity index (χ3v) is 10.0. The molecule has 0 spiro atoms. The third-order valence-electron chi connectivity index (χ3n) is 10.0. The summed E-state index contributed by atoms with van der Waals surface area (Å²) in [6.45, 7) is 13.2. The fourth-order valence-corrected chi connectivity index (χ4v) is 5.70. The molecule has 0 aliphatic carbocycles. The molecule has 5 aromatic rings. The maximum atomic E-state index is 13.0. The minimum Gasteiger partial charge on any atom is -0.494 e. The van der Waals surface area contributed by atoms with Crippen molar-refractivity contribution in [1.29, 1.82) is 0 Å². The molecule has 0 unspecified atom stereocenters. The Labute approximate surface area is 366 Å². The minimum absolute atomic E-state index is 0.244. The van der Waals surface area contributed by atoms with Crippen molar-refractivity contribution < 1.29 is 38.0 Å². The maximum absolute atomic E-state index is 13.0. The van der Waals surface area contributed by atoms with Crippen LogP contribution in [0.5, 0.6) is 23.0 Å². The van der Waals surface area contributed by atoms with Gasteiger partial charge in [0.05, 0.1) is 35.7 Å². The van der Waals surface area contributed by atoms with E-state index in [0.29, 0.717) is 36.2 Å². The molecule has 0 amide bonds. The van der Waals surface area contributed by atoms with E-state index in [0.717, 1.165) is 99.0 Å². The van der Waals surface area contributed by atoms with Crippen molar-refractivity contribution in [3.8, 4) is 23.0 Å². The summed E-state index contributed by atoms with van der Waals surface area (Å²) >= 11 is 0. The van der Waals surface area contributed by atoms with Crippen LogP contribution < -0.4 is 18.9 Å². The number of rotatable bonds is 26. The van der Waals surface area contributed by atoms with Crippen LogP contribution in [0, 0.1) is 11.8 Å². The van der Waals surface area contributed by atoms with Gasteiger partial charge in [0.25, 0.3) is 0 Å². The van der Waals surface area contributed by atoms with Crippen molar-refractivity contribution in [3.63, 3.8) is 0 Å². The molecule has 0 fully saturated rings. The van der Waals surface area contributed by atoms with Gasteiger partial charge < -0.3 is 28.4 Å². The van der Waals surface area contributed by atoms with E-state index in [1.807, 2.05) is 48.5 Å². The van der Waals surface area contributed by atoms with Gasteiger partial charge in [-0.3, -0.25) is 9.98 Å². The second-order valence-corrected chi connectivity index (χ2v) is 15.3. The lowest BCUT2D eigenvalue weighted by molar-refractivity contribution is 0.0732. The Bertz CT molecular complexity index is 1980. The van der Waals surface area contributed by atoms with E-state index in [1.165, 1.54) is 6.07 Å². The summed E-state index contributed by atoms with van der Waals surface area (Å²) in [4.78, 5) is 35.0. The fraction of sp³-hybridized carbons (Fsp3) is 0.346. The summed E-state index contributed by atoms with van der Waals surface area (Å²) < 4.78 is 34.3. The van der Waals surface area contributed by atoms with Crippen molar-refractivity contribution in [2.75, 3.05) is 39.6 Å². The van der Waals surface area contributed by atoms with Gasteiger partial charge in [-0.05, 0) is 134 Å². The highest BCUT2D eigenvalue weighted by molar-refractivity contribution is 5.93. The smallest absolute Gasteiger partial charge is 0.343 e. The van der Waals surface area contributed by atoms with Gasteiger partial charge in [-0.15, -0.1) is 0 Å². The molecular weight excluding hydrogens is 781 g/mol. The predicted octanol–water partition coefficient (Wildman–Crippen LogP) is 12.1. The molecule has 0 saturated carbocycles. The standard InChI is InChI=1S/C52H60N2O8/c1-5-39(3)37-57-30-7-9-32-59-47-26-22-45(23-27-47)53-35-41-14-18-43(19-15-41)51(55)61-49-12-11-13-50(34-49)62-52(56)44-20-16-42(17-21-44)36-54-46-24-28-48(29-25-46)60-33-10-8-31-58-38-40(4)6-2/h11-29,34-36,39-40H,5-10,30-33,37-38H2,1-4H3/t39-,40-/m0/s1. The number of ether oxygens (including phenoxy) is 6. The lowest BCUT2D eigenvalue weighted by Crippen LogP contribution is -2.10. The molecule has 5 rings (SSSR count). The van der Waals surface area contributed by atoms with E-state index in [1.54, 1.807) is 79.2 Å². The van der Waals surface area contributed by atoms with Crippen LogP contribution in [-0.2, 0) is 9.47 Å². The van der Waals surface area contributed by atoms with Gasteiger partial charge in [0, 0.05) is 44.9 Å². The SMILES string of the molecule is CC[C@H](C)COCCCCOc1ccc(N=Cc2ccc(C(=O)Oc3cccc(OC(=O)c4ccc(C=Nc5ccc(OCCCCOC[C@@H](C)CC)cc5)cc4)c3)cc2)cc1. The van der Waals surface area contributed by atoms with Crippen molar-refractivity contribution in [2.24, 2.45) is 21.8 Å². The molecule has 0 aliphatic rings. The van der Waals surface area contributed by atoms with E-state index in [9.17, 15) is 9.59 Å². The van der Waals surface area contributed by atoms with Gasteiger partial charge in [0.15, 0.2) is 0 Å². The summed E-state index contributed by atoms with van der Waals surface area (Å²) in [7, 11) is 0. The summed E-state index contributed by atoms with van der Waals surface area (Å²) in [6.07, 6.45) is 9.54. The molecule has 0 heterocycles. The maximum Gasteiger partial charge on any atom is 0.343 e. The molecule has 2 atom stereocenters. The lowest BCUT2D eigenvalue weighted by atomic mass is 10.1. The highest BCUT2D eigenvalue weighted by atomic mass is 16.5. The normalized spacial score (nSPS) is 12.3. The van der Waals surface area contributed by atoms with Gasteiger partial charge in [-0.1, -0.05) is 70.9 Å². The predicted molar refractivity (Wildman–Crippen MR) is 247 cm³/mol. The zero-order chi connectivity index (χ0) is 43.8. The molecule has 0 aromatic heterocycles.